The molecule has 1 aromatic rings. The SMILES string of the molecule is CCc1ccc(N2CC(CCN)NC2=O)cc1. The fourth-order valence-corrected chi connectivity index (χ4v) is 2.10. The molecule has 1 aliphatic heterocycles. The lowest BCUT2D eigenvalue weighted by atomic mass is 10.1. The van der Waals surface area contributed by atoms with E-state index in [-0.39, 0.29) is 12.1 Å². The number of carbonyl (C=O) groups excluding carboxylic acids is 1. The summed E-state index contributed by atoms with van der Waals surface area (Å²) in [6, 6.07) is 8.30. The highest BCUT2D eigenvalue weighted by molar-refractivity contribution is 5.94. The van der Waals surface area contributed by atoms with E-state index >= 15 is 0 Å². The number of urea groups is 1. The molecule has 3 N–H and O–H groups in total. The van der Waals surface area contributed by atoms with E-state index in [1.807, 2.05) is 12.1 Å². The minimum atomic E-state index is -0.0206. The smallest absolute Gasteiger partial charge is 0.322 e. The van der Waals surface area contributed by atoms with Crippen LogP contribution in [0.15, 0.2) is 24.3 Å². The monoisotopic (exact) mass is 233 g/mol. The largest absolute Gasteiger partial charge is 0.333 e. The Morgan fingerprint density at radius 2 is 2.12 bits per heavy atom. The van der Waals surface area contributed by atoms with Crippen molar-refractivity contribution >= 4 is 11.7 Å². The van der Waals surface area contributed by atoms with Crippen molar-refractivity contribution in [3.05, 3.63) is 29.8 Å². The molecule has 1 unspecified atom stereocenters. The molecule has 0 bridgehead atoms. The Bertz CT molecular complexity index is 388. The first-order valence-corrected chi connectivity index (χ1v) is 6.11. The van der Waals surface area contributed by atoms with E-state index in [4.69, 9.17) is 5.73 Å². The molecule has 92 valence electrons. The number of hydrogen-bond donors (Lipinski definition) is 2. The van der Waals surface area contributed by atoms with Gasteiger partial charge in [-0.2, -0.15) is 0 Å². The topological polar surface area (TPSA) is 58.4 Å². The minimum Gasteiger partial charge on any atom is -0.333 e. The molecular formula is C13H19N3O. The third-order valence-electron chi connectivity index (χ3n) is 3.15. The molecule has 0 aromatic heterocycles. The third-order valence-corrected chi connectivity index (χ3v) is 3.15. The fraction of sp³-hybridized carbons (Fsp3) is 0.462. The van der Waals surface area contributed by atoms with Crippen molar-refractivity contribution in [1.29, 1.82) is 0 Å². The molecule has 1 heterocycles. The number of carbonyl (C=O) groups is 1. The number of benzene rings is 1. The van der Waals surface area contributed by atoms with Gasteiger partial charge in [-0.3, -0.25) is 4.90 Å². The average Bonchev–Trinajstić information content (AvgIpc) is 2.71. The van der Waals surface area contributed by atoms with Gasteiger partial charge in [0.2, 0.25) is 0 Å². The van der Waals surface area contributed by atoms with Crippen molar-refractivity contribution in [2.75, 3.05) is 18.0 Å². The number of nitrogens with zero attached hydrogens (tertiary/aromatic N) is 1. The lowest BCUT2D eigenvalue weighted by Crippen LogP contribution is -2.29. The molecule has 1 aromatic carbocycles. The lowest BCUT2D eigenvalue weighted by Gasteiger charge is -2.15. The molecule has 17 heavy (non-hydrogen) atoms. The summed E-state index contributed by atoms with van der Waals surface area (Å²) in [4.78, 5) is 13.6. The van der Waals surface area contributed by atoms with Gasteiger partial charge in [-0.1, -0.05) is 19.1 Å². The van der Waals surface area contributed by atoms with E-state index < -0.39 is 0 Å². The maximum Gasteiger partial charge on any atom is 0.322 e. The summed E-state index contributed by atoms with van der Waals surface area (Å²) in [6.07, 6.45) is 1.84. The lowest BCUT2D eigenvalue weighted by molar-refractivity contribution is 0.250. The van der Waals surface area contributed by atoms with Gasteiger partial charge in [0.1, 0.15) is 0 Å². The van der Waals surface area contributed by atoms with Gasteiger partial charge >= 0.3 is 6.03 Å². The number of hydrogen-bond acceptors (Lipinski definition) is 2. The summed E-state index contributed by atoms with van der Waals surface area (Å²) in [5, 5.41) is 2.94. The van der Waals surface area contributed by atoms with Gasteiger partial charge in [0.25, 0.3) is 0 Å². The summed E-state index contributed by atoms with van der Waals surface area (Å²) in [5.74, 6) is 0. The maximum atomic E-state index is 11.8. The van der Waals surface area contributed by atoms with Gasteiger partial charge in [-0.25, -0.2) is 4.79 Å². The summed E-state index contributed by atoms with van der Waals surface area (Å²) in [6.45, 7) is 3.43. The molecule has 2 rings (SSSR count). The van der Waals surface area contributed by atoms with Crippen molar-refractivity contribution in [3.63, 3.8) is 0 Å². The molecule has 1 atom stereocenters. The van der Waals surface area contributed by atoms with Crippen LogP contribution < -0.4 is 16.0 Å². The Labute approximate surface area is 102 Å². The number of amides is 2. The zero-order chi connectivity index (χ0) is 12.3. The first kappa shape index (κ1) is 11.9. The highest BCUT2D eigenvalue weighted by atomic mass is 16.2. The van der Waals surface area contributed by atoms with Gasteiger partial charge in [-0.15, -0.1) is 0 Å². The van der Waals surface area contributed by atoms with Crippen molar-refractivity contribution < 1.29 is 4.79 Å². The second-order valence-electron chi connectivity index (χ2n) is 4.35. The fourth-order valence-electron chi connectivity index (χ4n) is 2.10. The summed E-state index contributed by atoms with van der Waals surface area (Å²) in [5.41, 5.74) is 7.75. The van der Waals surface area contributed by atoms with Crippen LogP contribution in [0.2, 0.25) is 0 Å². The standard InChI is InChI=1S/C13H19N3O/c1-2-10-3-5-12(6-4-10)16-9-11(7-8-14)15-13(16)17/h3-6,11H,2,7-9,14H2,1H3,(H,15,17). The Morgan fingerprint density at radius 3 is 2.71 bits per heavy atom. The van der Waals surface area contributed by atoms with E-state index in [1.165, 1.54) is 5.56 Å². The van der Waals surface area contributed by atoms with Crippen LogP contribution in [0.1, 0.15) is 18.9 Å². The second-order valence-corrected chi connectivity index (χ2v) is 4.35. The number of anilines is 1. The van der Waals surface area contributed by atoms with Gasteiger partial charge in [0.15, 0.2) is 0 Å². The van der Waals surface area contributed by atoms with Crippen molar-refractivity contribution in [3.8, 4) is 0 Å². The van der Waals surface area contributed by atoms with E-state index in [0.717, 1.165) is 18.5 Å². The van der Waals surface area contributed by atoms with Crippen molar-refractivity contribution in [1.82, 2.24) is 5.32 Å². The van der Waals surface area contributed by atoms with Crippen LogP contribution in [-0.2, 0) is 6.42 Å². The Hall–Kier alpha value is -1.55. The quantitative estimate of drug-likeness (QED) is 0.828. The number of nitrogens with one attached hydrogen (secondary N) is 1. The van der Waals surface area contributed by atoms with Gasteiger partial charge in [0, 0.05) is 18.3 Å². The predicted octanol–water partition coefficient (Wildman–Crippen LogP) is 1.50. The van der Waals surface area contributed by atoms with Crippen LogP contribution in [0.4, 0.5) is 10.5 Å². The Kier molecular flexibility index (Phi) is 3.64. The van der Waals surface area contributed by atoms with Crippen LogP contribution in [0.25, 0.3) is 0 Å². The highest BCUT2D eigenvalue weighted by Crippen LogP contribution is 2.19. The van der Waals surface area contributed by atoms with E-state index in [1.54, 1.807) is 4.90 Å². The Morgan fingerprint density at radius 1 is 1.41 bits per heavy atom. The maximum absolute atomic E-state index is 11.8. The van der Waals surface area contributed by atoms with Crippen molar-refractivity contribution in [2.24, 2.45) is 5.73 Å². The van der Waals surface area contributed by atoms with E-state index in [9.17, 15) is 4.79 Å². The van der Waals surface area contributed by atoms with Gasteiger partial charge in [0.05, 0.1) is 0 Å². The van der Waals surface area contributed by atoms with Crippen LogP contribution in [0, 0.1) is 0 Å². The second kappa shape index (κ2) is 5.19. The summed E-state index contributed by atoms with van der Waals surface area (Å²) in [7, 11) is 0. The highest BCUT2D eigenvalue weighted by Gasteiger charge is 2.28. The molecule has 2 amide bonds. The number of rotatable bonds is 4. The third kappa shape index (κ3) is 2.58. The Balaban J connectivity index is 2.08. The summed E-state index contributed by atoms with van der Waals surface area (Å²) >= 11 is 0. The van der Waals surface area contributed by atoms with Crippen LogP contribution in [-0.4, -0.2) is 25.2 Å². The van der Waals surface area contributed by atoms with Gasteiger partial charge in [-0.05, 0) is 37.1 Å². The number of nitrogens with two attached hydrogens (primary N) is 1. The molecule has 0 aliphatic carbocycles. The first-order valence-electron chi connectivity index (χ1n) is 6.11. The molecule has 1 fully saturated rings. The summed E-state index contributed by atoms with van der Waals surface area (Å²) < 4.78 is 0. The molecule has 1 aliphatic rings. The molecule has 1 saturated heterocycles. The molecule has 4 heteroatoms. The molecule has 0 radical (unpaired) electrons. The molecule has 0 spiro atoms. The molecule has 0 saturated carbocycles. The minimum absolute atomic E-state index is 0.0206. The molecular weight excluding hydrogens is 214 g/mol. The van der Waals surface area contributed by atoms with Crippen LogP contribution >= 0.6 is 0 Å². The average molecular weight is 233 g/mol. The van der Waals surface area contributed by atoms with Crippen LogP contribution in [0.5, 0.6) is 0 Å². The number of aryl methyl sites for hydroxylation is 1. The first-order chi connectivity index (χ1) is 8.24. The van der Waals surface area contributed by atoms with Gasteiger partial charge < -0.3 is 11.1 Å². The predicted molar refractivity (Wildman–Crippen MR) is 69.2 cm³/mol. The normalized spacial score (nSPS) is 19.5. The zero-order valence-electron chi connectivity index (χ0n) is 10.1. The molecule has 4 nitrogen and oxygen atoms in total. The van der Waals surface area contributed by atoms with Crippen molar-refractivity contribution in [2.45, 2.75) is 25.8 Å². The zero-order valence-corrected chi connectivity index (χ0v) is 10.1. The van der Waals surface area contributed by atoms with E-state index in [0.29, 0.717) is 13.1 Å². The van der Waals surface area contributed by atoms with E-state index in [2.05, 4.69) is 24.4 Å². The van der Waals surface area contributed by atoms with Crippen LogP contribution in [0.3, 0.4) is 0 Å².